The topological polar surface area (TPSA) is 58.6 Å². The van der Waals surface area contributed by atoms with Gasteiger partial charge < -0.3 is 15.0 Å². The van der Waals surface area contributed by atoms with Gasteiger partial charge in [-0.05, 0) is 33.6 Å². The first kappa shape index (κ1) is 17.1. The molecule has 20 heavy (non-hydrogen) atoms. The van der Waals surface area contributed by atoms with E-state index in [1.54, 1.807) is 4.90 Å². The molecule has 116 valence electrons. The Kier molecular flexibility index (Phi) is 6.11. The van der Waals surface area contributed by atoms with Crippen LogP contribution in [0, 0.1) is 5.92 Å². The van der Waals surface area contributed by atoms with E-state index in [4.69, 9.17) is 16.3 Å². The molecule has 1 fully saturated rings. The van der Waals surface area contributed by atoms with Gasteiger partial charge in [-0.15, -0.1) is 11.6 Å². The summed E-state index contributed by atoms with van der Waals surface area (Å²) in [4.78, 5) is 25.4. The highest BCUT2D eigenvalue weighted by Crippen LogP contribution is 2.16. The summed E-state index contributed by atoms with van der Waals surface area (Å²) < 4.78 is 5.32. The molecule has 1 heterocycles. The van der Waals surface area contributed by atoms with Crippen LogP contribution in [0.3, 0.4) is 0 Å². The maximum absolute atomic E-state index is 11.9. The minimum Gasteiger partial charge on any atom is -0.444 e. The maximum atomic E-state index is 11.9. The van der Waals surface area contributed by atoms with E-state index < -0.39 is 5.60 Å². The second-order valence-electron chi connectivity index (χ2n) is 6.30. The molecule has 0 bridgehead atoms. The number of likely N-dealkylation sites (tertiary alicyclic amines) is 1. The number of halogens is 1. The van der Waals surface area contributed by atoms with Crippen molar-refractivity contribution in [1.82, 2.24) is 10.2 Å². The third-order valence-corrected chi connectivity index (χ3v) is 3.39. The number of hydrogen-bond acceptors (Lipinski definition) is 3. The van der Waals surface area contributed by atoms with Gasteiger partial charge in [0.05, 0.1) is 0 Å². The van der Waals surface area contributed by atoms with Gasteiger partial charge in [-0.1, -0.05) is 6.92 Å². The van der Waals surface area contributed by atoms with Gasteiger partial charge >= 0.3 is 6.09 Å². The van der Waals surface area contributed by atoms with Gasteiger partial charge in [0.15, 0.2) is 0 Å². The molecule has 1 rings (SSSR count). The summed E-state index contributed by atoms with van der Waals surface area (Å²) in [6.07, 6.45) is 1.11. The molecule has 2 atom stereocenters. The molecule has 0 aliphatic carbocycles. The molecule has 0 saturated carbocycles. The Labute approximate surface area is 126 Å². The van der Waals surface area contributed by atoms with Crippen molar-refractivity contribution in [1.29, 1.82) is 0 Å². The van der Waals surface area contributed by atoms with Crippen LogP contribution in [0.1, 0.15) is 40.5 Å². The monoisotopic (exact) mass is 304 g/mol. The van der Waals surface area contributed by atoms with Crippen molar-refractivity contribution in [2.24, 2.45) is 5.92 Å². The molecule has 5 nitrogen and oxygen atoms in total. The van der Waals surface area contributed by atoms with Crippen LogP contribution >= 0.6 is 11.6 Å². The summed E-state index contributed by atoms with van der Waals surface area (Å²) >= 11 is 5.63. The highest BCUT2D eigenvalue weighted by Gasteiger charge is 2.31. The van der Waals surface area contributed by atoms with Crippen LogP contribution in [0.2, 0.25) is 0 Å². The molecular weight excluding hydrogens is 280 g/mol. The van der Waals surface area contributed by atoms with Gasteiger partial charge in [-0.25, -0.2) is 4.79 Å². The van der Waals surface area contributed by atoms with Crippen LogP contribution in [-0.4, -0.2) is 47.5 Å². The van der Waals surface area contributed by atoms with E-state index in [1.807, 2.05) is 27.7 Å². The van der Waals surface area contributed by atoms with Crippen molar-refractivity contribution in [2.75, 3.05) is 19.0 Å². The lowest BCUT2D eigenvalue weighted by molar-refractivity contribution is -0.125. The molecule has 1 saturated heterocycles. The molecule has 0 aromatic rings. The highest BCUT2D eigenvalue weighted by atomic mass is 35.5. The fourth-order valence-electron chi connectivity index (χ4n) is 2.01. The molecule has 1 N–H and O–H groups in total. The third kappa shape index (κ3) is 5.57. The largest absolute Gasteiger partial charge is 0.444 e. The lowest BCUT2D eigenvalue weighted by Crippen LogP contribution is -2.41. The zero-order chi connectivity index (χ0) is 15.3. The molecule has 0 spiro atoms. The quantitative estimate of drug-likeness (QED) is 0.811. The summed E-state index contributed by atoms with van der Waals surface area (Å²) in [5, 5.41) is 2.96. The molecule has 0 aromatic carbocycles. The van der Waals surface area contributed by atoms with Gasteiger partial charge in [0.2, 0.25) is 5.91 Å². The molecular formula is C14H25ClN2O3. The van der Waals surface area contributed by atoms with E-state index in [0.29, 0.717) is 25.4 Å². The van der Waals surface area contributed by atoms with E-state index in [2.05, 4.69) is 5.32 Å². The minimum absolute atomic E-state index is 0.00156. The number of alkyl halides is 1. The van der Waals surface area contributed by atoms with E-state index in [0.717, 1.165) is 6.42 Å². The van der Waals surface area contributed by atoms with E-state index in [1.165, 1.54) is 0 Å². The molecule has 1 aliphatic heterocycles. The first-order valence-corrected chi connectivity index (χ1v) is 7.60. The number of carbonyl (C=O) groups excluding carboxylic acids is 2. The Hall–Kier alpha value is -0.970. The van der Waals surface area contributed by atoms with Crippen LogP contribution < -0.4 is 5.32 Å². The summed E-state index contributed by atoms with van der Waals surface area (Å²) in [7, 11) is 0. The summed E-state index contributed by atoms with van der Waals surface area (Å²) in [5.74, 6) is 0.383. The molecule has 6 heteroatoms. The van der Waals surface area contributed by atoms with Gasteiger partial charge in [0.25, 0.3) is 0 Å². The second-order valence-corrected chi connectivity index (χ2v) is 6.68. The number of amides is 2. The van der Waals surface area contributed by atoms with E-state index in [-0.39, 0.29) is 24.0 Å². The number of rotatable bonds is 4. The van der Waals surface area contributed by atoms with Crippen LogP contribution in [0.15, 0.2) is 0 Å². The molecule has 0 aromatic heterocycles. The fourth-order valence-corrected chi connectivity index (χ4v) is 2.34. The SMILES string of the molecule is CC(CCCl)C(=O)NC1CCN(C(=O)OC(C)(C)C)C1. The van der Waals surface area contributed by atoms with Crippen molar-refractivity contribution in [3.8, 4) is 0 Å². The summed E-state index contributed by atoms with van der Waals surface area (Å²) in [6.45, 7) is 8.51. The summed E-state index contributed by atoms with van der Waals surface area (Å²) in [5.41, 5.74) is -0.493. The average Bonchev–Trinajstić information content (AvgIpc) is 2.75. The Morgan fingerprint density at radius 2 is 2.10 bits per heavy atom. The van der Waals surface area contributed by atoms with Crippen molar-refractivity contribution in [3.63, 3.8) is 0 Å². The standard InChI is InChI=1S/C14H25ClN2O3/c1-10(5-7-15)12(18)16-11-6-8-17(9-11)13(19)20-14(2,3)4/h10-11H,5-9H2,1-4H3,(H,16,18). The second kappa shape index (κ2) is 7.16. The highest BCUT2D eigenvalue weighted by molar-refractivity contribution is 6.18. The molecule has 2 amide bonds. The first-order valence-electron chi connectivity index (χ1n) is 7.07. The number of carbonyl (C=O) groups is 2. The van der Waals surface area contributed by atoms with Crippen LogP contribution in [0.5, 0.6) is 0 Å². The van der Waals surface area contributed by atoms with Crippen molar-refractivity contribution >= 4 is 23.6 Å². The van der Waals surface area contributed by atoms with Crippen LogP contribution in [0.25, 0.3) is 0 Å². The van der Waals surface area contributed by atoms with E-state index in [9.17, 15) is 9.59 Å². The number of nitrogens with one attached hydrogen (secondary N) is 1. The Morgan fingerprint density at radius 1 is 1.45 bits per heavy atom. The lowest BCUT2D eigenvalue weighted by Gasteiger charge is -2.24. The predicted molar refractivity (Wildman–Crippen MR) is 78.9 cm³/mol. The minimum atomic E-state index is -0.493. The smallest absolute Gasteiger partial charge is 0.410 e. The molecule has 0 radical (unpaired) electrons. The fraction of sp³-hybridized carbons (Fsp3) is 0.857. The predicted octanol–water partition coefficient (Wildman–Crippen LogP) is 2.38. The lowest BCUT2D eigenvalue weighted by atomic mass is 10.1. The van der Waals surface area contributed by atoms with Gasteiger partial charge in [0.1, 0.15) is 5.60 Å². The third-order valence-electron chi connectivity index (χ3n) is 3.18. The molecule has 2 unspecified atom stereocenters. The normalized spacial score (nSPS) is 20.6. The van der Waals surface area contributed by atoms with Crippen molar-refractivity contribution in [2.45, 2.75) is 52.2 Å². The average molecular weight is 305 g/mol. The molecule has 1 aliphatic rings. The number of nitrogens with zero attached hydrogens (tertiary/aromatic N) is 1. The van der Waals surface area contributed by atoms with Crippen LogP contribution in [0.4, 0.5) is 4.79 Å². The zero-order valence-corrected chi connectivity index (χ0v) is 13.5. The van der Waals surface area contributed by atoms with Crippen molar-refractivity contribution in [3.05, 3.63) is 0 Å². The Morgan fingerprint density at radius 3 is 2.65 bits per heavy atom. The Balaban J connectivity index is 2.40. The summed E-state index contributed by atoms with van der Waals surface area (Å²) in [6, 6.07) is 0.00722. The zero-order valence-electron chi connectivity index (χ0n) is 12.7. The van der Waals surface area contributed by atoms with Gasteiger partial charge in [-0.3, -0.25) is 4.79 Å². The van der Waals surface area contributed by atoms with Gasteiger partial charge in [-0.2, -0.15) is 0 Å². The first-order chi connectivity index (χ1) is 9.23. The maximum Gasteiger partial charge on any atom is 0.410 e. The van der Waals surface area contributed by atoms with Crippen molar-refractivity contribution < 1.29 is 14.3 Å². The van der Waals surface area contributed by atoms with E-state index >= 15 is 0 Å². The van der Waals surface area contributed by atoms with Crippen LogP contribution in [-0.2, 0) is 9.53 Å². The number of ether oxygens (including phenoxy) is 1. The Bertz CT molecular complexity index is 355. The number of hydrogen-bond donors (Lipinski definition) is 1. The van der Waals surface area contributed by atoms with Gasteiger partial charge in [0, 0.05) is 30.9 Å².